The number of ether oxygens (including phenoxy) is 2. The van der Waals surface area contributed by atoms with E-state index in [2.05, 4.69) is 4.74 Å². The molecule has 1 fully saturated rings. The van der Waals surface area contributed by atoms with Gasteiger partial charge in [0.25, 0.3) is 0 Å². The van der Waals surface area contributed by atoms with E-state index in [9.17, 15) is 9.59 Å². The van der Waals surface area contributed by atoms with E-state index >= 15 is 0 Å². The van der Waals surface area contributed by atoms with Crippen LogP contribution in [0.1, 0.15) is 6.42 Å². The average molecular weight is 249 g/mol. The summed E-state index contributed by atoms with van der Waals surface area (Å²) in [5.74, 6) is -0.209. The summed E-state index contributed by atoms with van der Waals surface area (Å²) in [6.07, 6.45) is 0.185. The molecule has 1 unspecified atom stereocenters. The molecule has 5 heteroatoms. The summed E-state index contributed by atoms with van der Waals surface area (Å²) in [5.41, 5.74) is 0.691. The maximum absolute atomic E-state index is 11.9. The van der Waals surface area contributed by atoms with Crippen molar-refractivity contribution in [3.63, 3.8) is 0 Å². The van der Waals surface area contributed by atoms with Crippen LogP contribution < -0.4 is 9.64 Å². The predicted molar refractivity (Wildman–Crippen MR) is 65.5 cm³/mol. The fraction of sp³-hybridized carbons (Fsp3) is 0.385. The molecule has 0 bridgehead atoms. The number of para-hydroxylation sites is 2. The summed E-state index contributed by atoms with van der Waals surface area (Å²) in [6, 6.07) is 7.25. The van der Waals surface area contributed by atoms with Gasteiger partial charge in [0.15, 0.2) is 0 Å². The Kier molecular flexibility index (Phi) is 3.50. The van der Waals surface area contributed by atoms with Gasteiger partial charge in [-0.05, 0) is 12.1 Å². The Bertz CT molecular complexity index is 472. The van der Waals surface area contributed by atoms with Crippen LogP contribution in [0.15, 0.2) is 24.3 Å². The van der Waals surface area contributed by atoms with E-state index in [1.165, 1.54) is 7.11 Å². The zero-order chi connectivity index (χ0) is 13.1. The van der Waals surface area contributed by atoms with Gasteiger partial charge in [0, 0.05) is 13.0 Å². The van der Waals surface area contributed by atoms with Crippen LogP contribution in [0.2, 0.25) is 0 Å². The zero-order valence-electron chi connectivity index (χ0n) is 10.4. The third kappa shape index (κ3) is 2.16. The molecule has 0 saturated carbocycles. The molecule has 0 aliphatic carbocycles. The maximum atomic E-state index is 11.9. The summed E-state index contributed by atoms with van der Waals surface area (Å²) >= 11 is 0. The normalized spacial score (nSPS) is 18.9. The first-order chi connectivity index (χ1) is 8.67. The van der Waals surface area contributed by atoms with Gasteiger partial charge in [0.1, 0.15) is 5.75 Å². The van der Waals surface area contributed by atoms with E-state index in [-0.39, 0.29) is 18.3 Å². The van der Waals surface area contributed by atoms with Gasteiger partial charge in [-0.2, -0.15) is 0 Å². The molecular formula is C13H15NO4. The van der Waals surface area contributed by atoms with Crippen LogP contribution >= 0.6 is 0 Å². The number of hydrogen-bond donors (Lipinski definition) is 0. The number of esters is 1. The largest absolute Gasteiger partial charge is 0.495 e. The van der Waals surface area contributed by atoms with E-state index in [0.29, 0.717) is 18.0 Å². The van der Waals surface area contributed by atoms with Gasteiger partial charge in [0.2, 0.25) is 5.91 Å². The van der Waals surface area contributed by atoms with Gasteiger partial charge < -0.3 is 14.4 Å². The topological polar surface area (TPSA) is 55.8 Å². The van der Waals surface area contributed by atoms with Gasteiger partial charge >= 0.3 is 5.97 Å². The van der Waals surface area contributed by atoms with Crippen molar-refractivity contribution >= 4 is 17.6 Å². The number of nitrogens with zero attached hydrogens (tertiary/aromatic N) is 1. The third-order valence-corrected chi connectivity index (χ3v) is 3.04. The number of anilines is 1. The molecule has 0 aromatic heterocycles. The molecule has 18 heavy (non-hydrogen) atoms. The fourth-order valence-corrected chi connectivity index (χ4v) is 2.12. The molecule has 1 heterocycles. The van der Waals surface area contributed by atoms with Crippen LogP contribution in [0, 0.1) is 5.92 Å². The van der Waals surface area contributed by atoms with Crippen LogP contribution in [0.25, 0.3) is 0 Å². The number of hydrogen-bond acceptors (Lipinski definition) is 4. The van der Waals surface area contributed by atoms with Crippen LogP contribution in [-0.2, 0) is 14.3 Å². The van der Waals surface area contributed by atoms with Crippen LogP contribution in [0.3, 0.4) is 0 Å². The lowest BCUT2D eigenvalue weighted by atomic mass is 10.1. The zero-order valence-corrected chi connectivity index (χ0v) is 10.4. The quantitative estimate of drug-likeness (QED) is 0.756. The smallest absolute Gasteiger partial charge is 0.311 e. The van der Waals surface area contributed by atoms with E-state index in [1.54, 1.807) is 24.1 Å². The molecule has 0 N–H and O–H groups in total. The molecule has 2 rings (SSSR count). The van der Waals surface area contributed by atoms with Crippen molar-refractivity contribution in [2.24, 2.45) is 5.92 Å². The molecule has 0 spiro atoms. The second-order valence-corrected chi connectivity index (χ2v) is 4.10. The Morgan fingerprint density at radius 2 is 2.06 bits per heavy atom. The molecule has 1 aromatic rings. The molecule has 1 atom stereocenters. The summed E-state index contributed by atoms with van der Waals surface area (Å²) in [7, 11) is 2.88. The van der Waals surface area contributed by atoms with Crippen molar-refractivity contribution in [1.82, 2.24) is 0 Å². The second-order valence-electron chi connectivity index (χ2n) is 4.10. The first kappa shape index (κ1) is 12.4. The first-order valence-electron chi connectivity index (χ1n) is 5.68. The molecular weight excluding hydrogens is 234 g/mol. The Labute approximate surface area is 105 Å². The summed E-state index contributed by atoms with van der Waals surface area (Å²) in [6.45, 7) is 0.339. The van der Waals surface area contributed by atoms with Gasteiger partial charge in [0.05, 0.1) is 25.8 Å². The lowest BCUT2D eigenvalue weighted by Gasteiger charge is -2.19. The number of carbonyl (C=O) groups is 2. The molecule has 0 radical (unpaired) electrons. The summed E-state index contributed by atoms with van der Waals surface area (Å²) in [5, 5.41) is 0. The van der Waals surface area contributed by atoms with Crippen molar-refractivity contribution in [3.8, 4) is 5.75 Å². The number of benzene rings is 1. The summed E-state index contributed by atoms with van der Waals surface area (Å²) < 4.78 is 9.89. The molecule has 5 nitrogen and oxygen atoms in total. The molecule has 1 aliphatic rings. The van der Waals surface area contributed by atoms with Crippen molar-refractivity contribution in [3.05, 3.63) is 24.3 Å². The minimum absolute atomic E-state index is 0.0881. The lowest BCUT2D eigenvalue weighted by molar-refractivity contribution is -0.145. The number of methoxy groups -OCH3 is 2. The second kappa shape index (κ2) is 5.08. The highest BCUT2D eigenvalue weighted by molar-refractivity contribution is 6.00. The average Bonchev–Trinajstić information content (AvgIpc) is 2.79. The van der Waals surface area contributed by atoms with E-state index in [0.717, 1.165) is 0 Å². The molecule has 1 amide bonds. The Morgan fingerprint density at radius 1 is 1.33 bits per heavy atom. The van der Waals surface area contributed by atoms with E-state index in [1.807, 2.05) is 12.1 Å². The molecule has 96 valence electrons. The number of carbonyl (C=O) groups excluding carboxylic acids is 2. The fourth-order valence-electron chi connectivity index (χ4n) is 2.12. The van der Waals surface area contributed by atoms with E-state index in [4.69, 9.17) is 4.74 Å². The lowest BCUT2D eigenvalue weighted by Crippen LogP contribution is -2.26. The number of amides is 1. The van der Waals surface area contributed by atoms with Gasteiger partial charge in [-0.15, -0.1) is 0 Å². The maximum Gasteiger partial charge on any atom is 0.311 e. The van der Waals surface area contributed by atoms with Gasteiger partial charge in [-0.3, -0.25) is 9.59 Å². The standard InChI is InChI=1S/C13H15NO4/c1-17-11-6-4-3-5-10(11)14-8-9(7-12(14)15)13(16)18-2/h3-6,9H,7-8H2,1-2H3. The van der Waals surface area contributed by atoms with Crippen LogP contribution in [0.5, 0.6) is 5.75 Å². The van der Waals surface area contributed by atoms with Crippen molar-refractivity contribution < 1.29 is 19.1 Å². The highest BCUT2D eigenvalue weighted by Gasteiger charge is 2.36. The molecule has 1 saturated heterocycles. The number of rotatable bonds is 3. The monoisotopic (exact) mass is 249 g/mol. The van der Waals surface area contributed by atoms with Crippen LogP contribution in [-0.4, -0.2) is 32.6 Å². The highest BCUT2D eigenvalue weighted by atomic mass is 16.5. The third-order valence-electron chi connectivity index (χ3n) is 3.04. The van der Waals surface area contributed by atoms with E-state index < -0.39 is 5.92 Å². The van der Waals surface area contributed by atoms with Crippen molar-refractivity contribution in [2.75, 3.05) is 25.7 Å². The van der Waals surface area contributed by atoms with Crippen LogP contribution in [0.4, 0.5) is 5.69 Å². The predicted octanol–water partition coefficient (Wildman–Crippen LogP) is 1.22. The van der Waals surface area contributed by atoms with Crippen molar-refractivity contribution in [2.45, 2.75) is 6.42 Å². The highest BCUT2D eigenvalue weighted by Crippen LogP contribution is 2.32. The van der Waals surface area contributed by atoms with Gasteiger partial charge in [-0.1, -0.05) is 12.1 Å². The van der Waals surface area contributed by atoms with Crippen molar-refractivity contribution in [1.29, 1.82) is 0 Å². The molecule has 1 aliphatic heterocycles. The minimum Gasteiger partial charge on any atom is -0.495 e. The first-order valence-corrected chi connectivity index (χ1v) is 5.68. The summed E-state index contributed by atoms with van der Waals surface area (Å²) in [4.78, 5) is 25.0. The Morgan fingerprint density at radius 3 is 2.72 bits per heavy atom. The Hall–Kier alpha value is -2.04. The van der Waals surface area contributed by atoms with Gasteiger partial charge in [-0.25, -0.2) is 0 Å². The molecule has 1 aromatic carbocycles. The SMILES string of the molecule is COC(=O)C1CC(=O)N(c2ccccc2OC)C1. The Balaban J connectivity index is 2.24. The minimum atomic E-state index is -0.396.